The fourth-order valence-corrected chi connectivity index (χ4v) is 2.82. The predicted octanol–water partition coefficient (Wildman–Crippen LogP) is 1.13. The Morgan fingerprint density at radius 3 is 2.46 bits per heavy atom. The molecule has 2 aromatic rings. The first-order valence-electron chi connectivity index (χ1n) is 8.46. The first kappa shape index (κ1) is 17.8. The number of phenolic OH excluding ortho intramolecular Hbond substituents is 1. The normalized spacial score (nSPS) is 14.8. The van der Waals surface area contributed by atoms with Gasteiger partial charge in [-0.25, -0.2) is 4.79 Å². The molecule has 1 fully saturated rings. The van der Waals surface area contributed by atoms with Gasteiger partial charge in [-0.3, -0.25) is 15.0 Å². The van der Waals surface area contributed by atoms with Crippen LogP contribution in [0.3, 0.4) is 0 Å². The Morgan fingerprint density at radius 1 is 1.08 bits per heavy atom. The fraction of sp³-hybridized carbons (Fsp3) is 0.333. The predicted molar refractivity (Wildman–Crippen MR) is 95.8 cm³/mol. The van der Waals surface area contributed by atoms with Crippen LogP contribution in [0.2, 0.25) is 0 Å². The van der Waals surface area contributed by atoms with Crippen molar-refractivity contribution in [2.24, 2.45) is 0 Å². The zero-order valence-electron chi connectivity index (χ0n) is 14.4. The van der Waals surface area contributed by atoms with E-state index in [-0.39, 0.29) is 24.7 Å². The quantitative estimate of drug-likeness (QED) is 0.741. The summed E-state index contributed by atoms with van der Waals surface area (Å²) in [6, 6.07) is 10.0. The van der Waals surface area contributed by atoms with Crippen molar-refractivity contribution >= 4 is 17.6 Å². The second kappa shape index (κ2) is 8.39. The summed E-state index contributed by atoms with van der Waals surface area (Å²) in [7, 11) is 0. The zero-order valence-corrected chi connectivity index (χ0v) is 14.4. The van der Waals surface area contributed by atoms with Gasteiger partial charge in [0.05, 0.1) is 19.4 Å². The highest BCUT2D eigenvalue weighted by Gasteiger charge is 2.20. The highest BCUT2D eigenvalue weighted by molar-refractivity contribution is 5.95. The summed E-state index contributed by atoms with van der Waals surface area (Å²) in [6.07, 6.45) is 1.53. The molecule has 0 atom stereocenters. The minimum absolute atomic E-state index is 0.178. The average Bonchev–Trinajstić information content (AvgIpc) is 3.15. The number of piperazine rings is 1. The molecule has 1 aromatic carbocycles. The van der Waals surface area contributed by atoms with Gasteiger partial charge in [-0.05, 0) is 36.4 Å². The highest BCUT2D eigenvalue weighted by atomic mass is 16.3. The second-order valence-electron chi connectivity index (χ2n) is 6.09. The number of amides is 3. The molecule has 3 N–H and O–H groups in total. The first-order valence-corrected chi connectivity index (χ1v) is 8.46. The lowest BCUT2D eigenvalue weighted by atomic mass is 10.2. The van der Waals surface area contributed by atoms with E-state index >= 15 is 0 Å². The molecular weight excluding hydrogens is 336 g/mol. The summed E-state index contributed by atoms with van der Waals surface area (Å²) in [5, 5.41) is 14.3. The van der Waals surface area contributed by atoms with Crippen LogP contribution in [-0.4, -0.2) is 54.7 Å². The Kier molecular flexibility index (Phi) is 5.75. The van der Waals surface area contributed by atoms with Crippen molar-refractivity contribution < 1.29 is 19.1 Å². The maximum absolute atomic E-state index is 12.0. The summed E-state index contributed by atoms with van der Waals surface area (Å²) in [5.74, 6) is 0.535. The average molecular weight is 358 g/mol. The van der Waals surface area contributed by atoms with Crippen molar-refractivity contribution in [2.45, 2.75) is 6.54 Å². The van der Waals surface area contributed by atoms with Gasteiger partial charge in [-0.2, -0.15) is 0 Å². The van der Waals surface area contributed by atoms with Crippen LogP contribution < -0.4 is 15.5 Å². The molecule has 0 unspecified atom stereocenters. The van der Waals surface area contributed by atoms with Gasteiger partial charge in [0, 0.05) is 31.9 Å². The second-order valence-corrected chi connectivity index (χ2v) is 6.09. The van der Waals surface area contributed by atoms with Gasteiger partial charge in [-0.1, -0.05) is 0 Å². The summed E-state index contributed by atoms with van der Waals surface area (Å²) >= 11 is 0. The smallest absolute Gasteiger partial charge is 0.321 e. The van der Waals surface area contributed by atoms with Crippen molar-refractivity contribution in [1.82, 2.24) is 15.5 Å². The number of carbonyl (C=O) groups is 2. The number of rotatable bonds is 5. The van der Waals surface area contributed by atoms with Crippen molar-refractivity contribution in [1.29, 1.82) is 0 Å². The van der Waals surface area contributed by atoms with Gasteiger partial charge in [-0.15, -0.1) is 0 Å². The molecule has 8 nitrogen and oxygen atoms in total. The van der Waals surface area contributed by atoms with Crippen LogP contribution in [0, 0.1) is 0 Å². The number of nitrogens with one attached hydrogen (secondary N) is 2. The Labute approximate surface area is 151 Å². The summed E-state index contributed by atoms with van der Waals surface area (Å²) in [6.45, 7) is 3.42. The van der Waals surface area contributed by atoms with Crippen LogP contribution in [0.5, 0.6) is 5.75 Å². The third-order valence-electron chi connectivity index (χ3n) is 4.21. The number of imide groups is 1. The molecule has 3 amide bonds. The maximum atomic E-state index is 12.0. The van der Waals surface area contributed by atoms with Gasteiger partial charge in [0.1, 0.15) is 11.5 Å². The standard InChI is InChI=1S/C18H22N4O4/c23-15-5-3-14(4-6-15)22-9-7-21(8-10-22)13-17(24)20-18(25)19-12-16-2-1-11-26-16/h1-6,11,23H,7-10,12-13H2,(H2,19,20,24,25). The number of hydrogen-bond acceptors (Lipinski definition) is 6. The molecule has 1 aliphatic rings. The molecule has 1 aliphatic heterocycles. The van der Waals surface area contributed by atoms with E-state index < -0.39 is 6.03 Å². The van der Waals surface area contributed by atoms with Gasteiger partial charge < -0.3 is 19.7 Å². The molecule has 1 saturated heterocycles. The largest absolute Gasteiger partial charge is 0.508 e. The van der Waals surface area contributed by atoms with E-state index in [1.807, 2.05) is 17.0 Å². The molecule has 0 radical (unpaired) electrons. The van der Waals surface area contributed by atoms with E-state index in [1.54, 1.807) is 24.3 Å². The molecular formula is C18H22N4O4. The fourth-order valence-electron chi connectivity index (χ4n) is 2.82. The zero-order chi connectivity index (χ0) is 18.4. The number of phenols is 1. The van der Waals surface area contributed by atoms with E-state index in [4.69, 9.17) is 4.42 Å². The van der Waals surface area contributed by atoms with Crippen LogP contribution in [0.15, 0.2) is 47.1 Å². The molecule has 2 heterocycles. The summed E-state index contributed by atoms with van der Waals surface area (Å²) in [5.41, 5.74) is 1.05. The molecule has 1 aromatic heterocycles. The van der Waals surface area contributed by atoms with Crippen LogP contribution in [0.1, 0.15) is 5.76 Å². The minimum Gasteiger partial charge on any atom is -0.508 e. The monoisotopic (exact) mass is 358 g/mol. The van der Waals surface area contributed by atoms with E-state index in [1.165, 1.54) is 6.26 Å². The Balaban J connectivity index is 1.37. The van der Waals surface area contributed by atoms with Gasteiger partial charge in [0.2, 0.25) is 5.91 Å². The molecule has 0 spiro atoms. The van der Waals surface area contributed by atoms with Crippen molar-refractivity contribution in [3.63, 3.8) is 0 Å². The number of carbonyl (C=O) groups excluding carboxylic acids is 2. The number of benzene rings is 1. The lowest BCUT2D eigenvalue weighted by Crippen LogP contribution is -2.51. The Morgan fingerprint density at radius 2 is 1.81 bits per heavy atom. The Bertz CT molecular complexity index is 722. The molecule has 0 bridgehead atoms. The lowest BCUT2D eigenvalue weighted by molar-refractivity contribution is -0.121. The number of anilines is 1. The SMILES string of the molecule is O=C(CN1CCN(c2ccc(O)cc2)CC1)NC(=O)NCc1ccco1. The number of urea groups is 1. The van der Waals surface area contributed by atoms with Crippen LogP contribution in [0.25, 0.3) is 0 Å². The molecule has 0 saturated carbocycles. The van der Waals surface area contributed by atoms with Crippen LogP contribution in [-0.2, 0) is 11.3 Å². The maximum Gasteiger partial charge on any atom is 0.321 e. The third kappa shape index (κ3) is 5.00. The number of hydrogen-bond donors (Lipinski definition) is 3. The molecule has 138 valence electrons. The first-order chi connectivity index (χ1) is 12.6. The van der Waals surface area contributed by atoms with Crippen molar-refractivity contribution in [3.05, 3.63) is 48.4 Å². The van der Waals surface area contributed by atoms with Gasteiger partial charge >= 0.3 is 6.03 Å². The molecule has 8 heteroatoms. The number of aromatic hydroxyl groups is 1. The third-order valence-corrected chi connectivity index (χ3v) is 4.21. The number of furan rings is 1. The number of nitrogens with zero attached hydrogens (tertiary/aromatic N) is 2. The lowest BCUT2D eigenvalue weighted by Gasteiger charge is -2.35. The molecule has 26 heavy (non-hydrogen) atoms. The van der Waals surface area contributed by atoms with Crippen LogP contribution >= 0.6 is 0 Å². The van der Waals surface area contributed by atoms with Crippen LogP contribution in [0.4, 0.5) is 10.5 Å². The summed E-state index contributed by atoms with van der Waals surface area (Å²) < 4.78 is 5.11. The van der Waals surface area contributed by atoms with E-state index in [9.17, 15) is 14.7 Å². The Hall–Kier alpha value is -3.00. The topological polar surface area (TPSA) is 98.0 Å². The van der Waals surface area contributed by atoms with Gasteiger partial charge in [0.15, 0.2) is 0 Å². The van der Waals surface area contributed by atoms with E-state index in [2.05, 4.69) is 15.5 Å². The summed E-state index contributed by atoms with van der Waals surface area (Å²) in [4.78, 5) is 27.9. The van der Waals surface area contributed by atoms with E-state index in [0.29, 0.717) is 5.76 Å². The van der Waals surface area contributed by atoms with Crippen molar-refractivity contribution in [3.8, 4) is 5.75 Å². The molecule has 0 aliphatic carbocycles. The highest BCUT2D eigenvalue weighted by Crippen LogP contribution is 2.19. The van der Waals surface area contributed by atoms with Gasteiger partial charge in [0.25, 0.3) is 0 Å². The van der Waals surface area contributed by atoms with E-state index in [0.717, 1.165) is 31.9 Å². The molecule has 3 rings (SSSR count). The van der Waals surface area contributed by atoms with Crippen molar-refractivity contribution in [2.75, 3.05) is 37.6 Å². The minimum atomic E-state index is -0.533.